The van der Waals surface area contributed by atoms with E-state index in [4.69, 9.17) is 4.74 Å². The summed E-state index contributed by atoms with van der Waals surface area (Å²) in [5.74, 6) is 0.118. The summed E-state index contributed by atoms with van der Waals surface area (Å²) in [6.07, 6.45) is -5.67. The van der Waals surface area contributed by atoms with Gasteiger partial charge in [-0.25, -0.2) is 15.0 Å². The van der Waals surface area contributed by atoms with E-state index in [0.29, 0.717) is 16.9 Å². The molecule has 1 aliphatic carbocycles. The van der Waals surface area contributed by atoms with Crippen molar-refractivity contribution in [3.8, 4) is 0 Å². The average molecular weight is 477 g/mol. The number of rotatable bonds is 6. The van der Waals surface area contributed by atoms with Crippen molar-refractivity contribution in [3.05, 3.63) is 31.3 Å². The summed E-state index contributed by atoms with van der Waals surface area (Å²) in [7, 11) is 0. The van der Waals surface area contributed by atoms with E-state index in [0.717, 1.165) is 20.5 Å². The first-order valence-corrected chi connectivity index (χ1v) is 11.1. The molecule has 0 aromatic carbocycles. The van der Waals surface area contributed by atoms with Crippen molar-refractivity contribution >= 4 is 27.6 Å². The molecule has 0 unspecified atom stereocenters. The number of hydrogen-bond donors (Lipinski definition) is 2. The van der Waals surface area contributed by atoms with Crippen LogP contribution in [0, 0.1) is 12.8 Å². The quantitative estimate of drug-likeness (QED) is 0.622. The largest absolute Gasteiger partial charge is 0.443 e. The zero-order valence-electron chi connectivity index (χ0n) is 18.6. The molecule has 1 aliphatic rings. The van der Waals surface area contributed by atoms with Crippen molar-refractivity contribution in [1.29, 1.82) is 0 Å². The second-order valence-electron chi connectivity index (χ2n) is 9.07. The van der Waals surface area contributed by atoms with Crippen LogP contribution in [-0.4, -0.2) is 27.0 Å². The summed E-state index contributed by atoms with van der Waals surface area (Å²) >= 11 is 1.06. The van der Waals surface area contributed by atoms with Gasteiger partial charge in [0.2, 0.25) is 0 Å². The van der Waals surface area contributed by atoms with E-state index in [1.807, 2.05) is 6.92 Å². The molecule has 3 rings (SSSR count). The number of nitrogens with one attached hydrogen (secondary N) is 2. The zero-order valence-corrected chi connectivity index (χ0v) is 19.4. The van der Waals surface area contributed by atoms with Gasteiger partial charge in [0.25, 0.3) is 5.56 Å². The van der Waals surface area contributed by atoms with Crippen LogP contribution in [0.1, 0.15) is 57.0 Å². The fourth-order valence-electron chi connectivity index (χ4n) is 3.47. The first kappa shape index (κ1) is 24.3. The minimum absolute atomic E-state index is 0.108. The minimum atomic E-state index is -4.44. The van der Waals surface area contributed by atoms with Crippen molar-refractivity contribution in [2.75, 3.05) is 0 Å². The predicted molar refractivity (Wildman–Crippen MR) is 115 cm³/mol. The maximum Gasteiger partial charge on any atom is 0.422 e. The summed E-state index contributed by atoms with van der Waals surface area (Å²) < 4.78 is 45.9. The van der Waals surface area contributed by atoms with Gasteiger partial charge in [-0.15, -0.1) is 11.3 Å². The van der Waals surface area contributed by atoms with E-state index in [9.17, 15) is 27.6 Å². The van der Waals surface area contributed by atoms with E-state index in [1.165, 1.54) is 0 Å². The van der Waals surface area contributed by atoms with E-state index >= 15 is 0 Å². The molecule has 2 atom stereocenters. The Morgan fingerprint density at radius 3 is 2.41 bits per heavy atom. The molecule has 0 spiro atoms. The normalized spacial score (nSPS) is 18.8. The molecule has 12 heteroatoms. The second kappa shape index (κ2) is 8.54. The van der Waals surface area contributed by atoms with Crippen LogP contribution in [0.3, 0.4) is 0 Å². The lowest BCUT2D eigenvalue weighted by atomic mass is 10.2. The molecule has 178 valence electrons. The number of halogens is 3. The van der Waals surface area contributed by atoms with Crippen LogP contribution in [0.2, 0.25) is 0 Å². The van der Waals surface area contributed by atoms with Gasteiger partial charge in [0.1, 0.15) is 10.4 Å². The topological polar surface area (TPSA) is 94.4 Å². The Kier molecular flexibility index (Phi) is 6.49. The van der Waals surface area contributed by atoms with Gasteiger partial charge < -0.3 is 4.74 Å². The fourth-order valence-corrected chi connectivity index (χ4v) is 4.72. The number of thiophene rings is 1. The molecule has 0 saturated heterocycles. The number of ether oxygens (including phenoxy) is 1. The molecule has 1 amide bonds. The number of hydrogen-bond acceptors (Lipinski definition) is 6. The van der Waals surface area contributed by atoms with Gasteiger partial charge in [-0.3, -0.25) is 19.4 Å². The molecule has 0 bridgehead atoms. The third-order valence-corrected chi connectivity index (χ3v) is 6.51. The third kappa shape index (κ3) is 5.34. The Labute approximate surface area is 186 Å². The smallest absolute Gasteiger partial charge is 0.422 e. The Balaban J connectivity index is 1.96. The third-order valence-electron chi connectivity index (χ3n) is 5.20. The highest BCUT2D eigenvalue weighted by molar-refractivity contribution is 7.18. The molecule has 2 aromatic heterocycles. The summed E-state index contributed by atoms with van der Waals surface area (Å²) in [4.78, 5) is 38.7. The molecular formula is C20H27F3N4O4S. The summed E-state index contributed by atoms with van der Waals surface area (Å²) in [6.45, 7) is 8.27. The van der Waals surface area contributed by atoms with Crippen LogP contribution in [0.25, 0.3) is 10.2 Å². The number of hydrazine groups is 1. The monoisotopic (exact) mass is 476 g/mol. The number of fused-ring (bicyclic) bond motifs is 1. The highest BCUT2D eigenvalue weighted by Gasteiger charge is 2.38. The van der Waals surface area contributed by atoms with Crippen molar-refractivity contribution in [1.82, 2.24) is 20.0 Å². The molecule has 32 heavy (non-hydrogen) atoms. The summed E-state index contributed by atoms with van der Waals surface area (Å²) in [6, 6.07) is -0.300. The van der Waals surface area contributed by atoms with Gasteiger partial charge in [-0.1, -0.05) is 6.92 Å². The van der Waals surface area contributed by atoms with E-state index in [1.54, 1.807) is 27.7 Å². The number of nitrogens with zero attached hydrogens (tertiary/aromatic N) is 2. The second-order valence-corrected chi connectivity index (χ2v) is 10.1. The lowest BCUT2D eigenvalue weighted by Crippen LogP contribution is -2.40. The number of carbonyl (C=O) groups is 1. The lowest BCUT2D eigenvalue weighted by Gasteiger charge is -2.19. The standard InChI is InChI=1S/C20H27F3N4O4S/c1-10-8-12(10)27-15(28)14-11(2)13(9-24-25-17(29)31-19(3,4)5)32-16(14)26(18(27)30)7-6-20(21,22)23/h10,12,24H,6-9H2,1-5H3,(H,25,29)/t10-,12-/m0/s1. The van der Waals surface area contributed by atoms with Crippen LogP contribution in [0.4, 0.5) is 18.0 Å². The molecule has 0 aliphatic heterocycles. The van der Waals surface area contributed by atoms with Crippen LogP contribution in [0.5, 0.6) is 0 Å². The molecule has 1 fully saturated rings. The summed E-state index contributed by atoms with van der Waals surface area (Å²) in [5.41, 5.74) is 3.77. The molecule has 2 N–H and O–H groups in total. The Morgan fingerprint density at radius 1 is 1.25 bits per heavy atom. The fraction of sp³-hybridized carbons (Fsp3) is 0.650. The number of carbonyl (C=O) groups excluding carboxylic acids is 1. The van der Waals surface area contributed by atoms with Crippen molar-refractivity contribution in [2.45, 2.75) is 78.4 Å². The highest BCUT2D eigenvalue weighted by atomic mass is 32.1. The summed E-state index contributed by atoms with van der Waals surface area (Å²) in [5, 5.41) is 0.241. The van der Waals surface area contributed by atoms with Crippen LogP contribution in [-0.2, 0) is 17.8 Å². The molecule has 0 radical (unpaired) electrons. The van der Waals surface area contributed by atoms with Crippen molar-refractivity contribution in [2.24, 2.45) is 5.92 Å². The Bertz CT molecular complexity index is 1140. The highest BCUT2D eigenvalue weighted by Crippen LogP contribution is 2.41. The van der Waals surface area contributed by atoms with Crippen molar-refractivity contribution < 1.29 is 22.7 Å². The van der Waals surface area contributed by atoms with Crippen LogP contribution < -0.4 is 22.1 Å². The minimum Gasteiger partial charge on any atom is -0.443 e. The first-order chi connectivity index (χ1) is 14.7. The Hall–Kier alpha value is -2.34. The van der Waals surface area contributed by atoms with Crippen molar-refractivity contribution in [3.63, 3.8) is 0 Å². The Morgan fingerprint density at radius 2 is 1.88 bits per heavy atom. The molecule has 1 saturated carbocycles. The van der Waals surface area contributed by atoms with Gasteiger partial charge in [0.05, 0.1) is 11.8 Å². The molecular weight excluding hydrogens is 449 g/mol. The van der Waals surface area contributed by atoms with Gasteiger partial charge >= 0.3 is 18.0 Å². The molecule has 2 aromatic rings. The SMILES string of the molecule is Cc1c(CNNC(=O)OC(C)(C)C)sc2c1c(=O)n([C@H]1C[C@@H]1C)c(=O)n2CCC(F)(F)F. The van der Waals surface area contributed by atoms with Gasteiger partial charge in [-0.2, -0.15) is 13.2 Å². The number of amides is 1. The zero-order chi connectivity index (χ0) is 24.0. The van der Waals surface area contributed by atoms with Gasteiger partial charge in [0, 0.05) is 24.0 Å². The number of aryl methyl sites for hydroxylation is 2. The maximum atomic E-state index is 13.1. The van der Waals surface area contributed by atoms with E-state index < -0.39 is 42.1 Å². The lowest BCUT2D eigenvalue weighted by molar-refractivity contribution is -0.136. The molecule has 2 heterocycles. The van der Waals surface area contributed by atoms with Crippen LogP contribution >= 0.6 is 11.3 Å². The number of aromatic nitrogens is 2. The maximum absolute atomic E-state index is 13.1. The predicted octanol–water partition coefficient (Wildman–Crippen LogP) is 3.60. The van der Waals surface area contributed by atoms with E-state index in [2.05, 4.69) is 10.9 Å². The van der Waals surface area contributed by atoms with Gasteiger partial charge in [-0.05, 0) is 45.6 Å². The van der Waals surface area contributed by atoms with E-state index in [-0.39, 0.29) is 28.7 Å². The number of alkyl halides is 3. The first-order valence-electron chi connectivity index (χ1n) is 10.3. The van der Waals surface area contributed by atoms with Gasteiger partial charge in [0.15, 0.2) is 0 Å². The average Bonchev–Trinajstić information content (AvgIpc) is 3.23. The molecule has 8 nitrogen and oxygen atoms in total. The van der Waals surface area contributed by atoms with Crippen LogP contribution in [0.15, 0.2) is 9.59 Å².